The van der Waals surface area contributed by atoms with Gasteiger partial charge in [0.2, 0.25) is 0 Å². The normalized spacial score (nSPS) is 16.9. The first-order chi connectivity index (χ1) is 9.99. The molecule has 4 heteroatoms. The van der Waals surface area contributed by atoms with Crippen LogP contribution in [0.25, 0.3) is 0 Å². The first-order valence-electron chi connectivity index (χ1n) is 7.97. The minimum atomic E-state index is -2.85. The van der Waals surface area contributed by atoms with Crippen LogP contribution in [0.1, 0.15) is 37.3 Å². The van der Waals surface area contributed by atoms with Crippen LogP contribution < -0.4 is 5.32 Å². The van der Waals surface area contributed by atoms with Crippen LogP contribution in [0.15, 0.2) is 24.3 Å². The maximum atomic E-state index is 11.3. The lowest BCUT2D eigenvalue weighted by atomic mass is 9.93. The van der Waals surface area contributed by atoms with E-state index in [1.807, 2.05) is 0 Å². The summed E-state index contributed by atoms with van der Waals surface area (Å²) < 4.78 is 22.6. The van der Waals surface area contributed by atoms with E-state index < -0.39 is 9.84 Å². The molecule has 3 nitrogen and oxygen atoms in total. The molecule has 0 spiro atoms. The van der Waals surface area contributed by atoms with Crippen LogP contribution in [0, 0.1) is 5.92 Å². The van der Waals surface area contributed by atoms with Gasteiger partial charge in [-0.2, -0.15) is 0 Å². The highest BCUT2D eigenvalue weighted by molar-refractivity contribution is 7.90. The molecule has 0 fully saturated rings. The van der Waals surface area contributed by atoms with Crippen molar-refractivity contribution in [3.8, 4) is 0 Å². The minimum Gasteiger partial charge on any atom is -0.314 e. The summed E-state index contributed by atoms with van der Waals surface area (Å²) in [5.41, 5.74) is 2.93. The summed E-state index contributed by atoms with van der Waals surface area (Å²) in [6, 6.07) is 9.10. The lowest BCUT2D eigenvalue weighted by Gasteiger charge is -2.24. The van der Waals surface area contributed by atoms with E-state index in [-0.39, 0.29) is 0 Å². The van der Waals surface area contributed by atoms with Gasteiger partial charge in [0, 0.05) is 18.1 Å². The average molecular weight is 309 g/mol. The summed E-state index contributed by atoms with van der Waals surface area (Å²) in [5.74, 6) is 0.908. The number of benzene rings is 1. The molecule has 1 aromatic rings. The first-order valence-corrected chi connectivity index (χ1v) is 10.0. The van der Waals surface area contributed by atoms with Gasteiger partial charge in [0.05, 0.1) is 0 Å². The summed E-state index contributed by atoms with van der Waals surface area (Å²) >= 11 is 0. The Morgan fingerprint density at radius 2 is 1.86 bits per heavy atom. The molecule has 2 rings (SSSR count). The SMILES string of the molecule is CCCNC(CCCS(C)(=O)=O)C1Cc2ccccc2C1. The van der Waals surface area contributed by atoms with Gasteiger partial charge in [-0.15, -0.1) is 0 Å². The molecule has 1 unspecified atom stereocenters. The van der Waals surface area contributed by atoms with Crippen molar-refractivity contribution in [2.24, 2.45) is 5.92 Å². The predicted octanol–water partition coefficient (Wildman–Crippen LogP) is 2.59. The number of sulfone groups is 1. The zero-order valence-electron chi connectivity index (χ0n) is 13.1. The third-order valence-electron chi connectivity index (χ3n) is 4.34. The summed E-state index contributed by atoms with van der Waals surface area (Å²) in [7, 11) is -2.85. The molecule has 0 heterocycles. The summed E-state index contributed by atoms with van der Waals surface area (Å²) in [6.07, 6.45) is 6.39. The molecule has 1 N–H and O–H groups in total. The van der Waals surface area contributed by atoms with E-state index in [0.29, 0.717) is 17.7 Å². The van der Waals surface area contributed by atoms with Crippen LogP contribution in [-0.2, 0) is 22.7 Å². The van der Waals surface area contributed by atoms with Crippen molar-refractivity contribution >= 4 is 9.84 Å². The van der Waals surface area contributed by atoms with Gasteiger partial charge in [-0.3, -0.25) is 0 Å². The van der Waals surface area contributed by atoms with Gasteiger partial charge >= 0.3 is 0 Å². The highest BCUT2D eigenvalue weighted by Gasteiger charge is 2.27. The first kappa shape index (κ1) is 16.5. The molecule has 0 radical (unpaired) electrons. The Labute approximate surface area is 129 Å². The quantitative estimate of drug-likeness (QED) is 0.803. The van der Waals surface area contributed by atoms with Crippen molar-refractivity contribution in [1.82, 2.24) is 5.32 Å². The maximum absolute atomic E-state index is 11.3. The fourth-order valence-electron chi connectivity index (χ4n) is 3.28. The second-order valence-electron chi connectivity index (χ2n) is 6.27. The number of hydrogen-bond acceptors (Lipinski definition) is 3. The van der Waals surface area contributed by atoms with Gasteiger partial charge in [0.15, 0.2) is 0 Å². The molecule has 0 amide bonds. The summed E-state index contributed by atoms with van der Waals surface area (Å²) in [4.78, 5) is 0. The van der Waals surface area contributed by atoms with Gasteiger partial charge < -0.3 is 5.32 Å². The molecule has 0 aliphatic heterocycles. The molecule has 0 saturated carbocycles. The maximum Gasteiger partial charge on any atom is 0.147 e. The van der Waals surface area contributed by atoms with Crippen molar-refractivity contribution in [3.63, 3.8) is 0 Å². The zero-order valence-corrected chi connectivity index (χ0v) is 14.0. The number of rotatable bonds is 8. The van der Waals surface area contributed by atoms with Crippen molar-refractivity contribution in [2.75, 3.05) is 18.6 Å². The third kappa shape index (κ3) is 5.11. The average Bonchev–Trinajstić information content (AvgIpc) is 2.85. The molecule has 118 valence electrons. The Bertz CT molecular complexity index is 529. The smallest absolute Gasteiger partial charge is 0.147 e. The fraction of sp³-hybridized carbons (Fsp3) is 0.647. The second kappa shape index (κ2) is 7.41. The molecule has 0 bridgehead atoms. The van der Waals surface area contributed by atoms with E-state index in [0.717, 1.165) is 38.6 Å². The summed E-state index contributed by atoms with van der Waals surface area (Å²) in [6.45, 7) is 3.18. The van der Waals surface area contributed by atoms with Crippen molar-refractivity contribution in [3.05, 3.63) is 35.4 Å². The lowest BCUT2D eigenvalue weighted by Crippen LogP contribution is -2.37. The minimum absolute atomic E-state index is 0.303. The number of nitrogens with one attached hydrogen (secondary N) is 1. The largest absolute Gasteiger partial charge is 0.314 e. The van der Waals surface area contributed by atoms with E-state index in [1.54, 1.807) is 0 Å². The molecule has 0 aromatic heterocycles. The lowest BCUT2D eigenvalue weighted by molar-refractivity contribution is 0.343. The Hall–Kier alpha value is -0.870. The van der Waals surface area contributed by atoms with Gasteiger partial charge in [0.1, 0.15) is 9.84 Å². The van der Waals surface area contributed by atoms with Crippen molar-refractivity contribution in [2.45, 2.75) is 45.1 Å². The van der Waals surface area contributed by atoms with E-state index in [4.69, 9.17) is 0 Å². The standard InChI is InChI=1S/C17H27NO2S/c1-3-10-18-17(9-6-11-21(2,19)20)16-12-14-7-4-5-8-15(14)13-16/h4-5,7-8,16-18H,3,6,9-13H2,1-2H3. The van der Waals surface area contributed by atoms with Crippen LogP contribution in [0.2, 0.25) is 0 Å². The van der Waals surface area contributed by atoms with E-state index >= 15 is 0 Å². The Kier molecular flexibility index (Phi) is 5.82. The van der Waals surface area contributed by atoms with Crippen LogP contribution in [0.4, 0.5) is 0 Å². The zero-order chi connectivity index (χ0) is 15.3. The second-order valence-corrected chi connectivity index (χ2v) is 8.53. The number of fused-ring (bicyclic) bond motifs is 1. The highest BCUT2D eigenvalue weighted by Crippen LogP contribution is 2.30. The van der Waals surface area contributed by atoms with E-state index in [2.05, 4.69) is 36.5 Å². The molecule has 1 aromatic carbocycles. The summed E-state index contributed by atoms with van der Waals surface area (Å²) in [5, 5.41) is 3.64. The number of hydrogen-bond donors (Lipinski definition) is 1. The van der Waals surface area contributed by atoms with Gasteiger partial charge in [-0.1, -0.05) is 31.2 Å². The van der Waals surface area contributed by atoms with Gasteiger partial charge in [-0.05, 0) is 55.7 Å². The Morgan fingerprint density at radius 1 is 1.24 bits per heavy atom. The molecule has 1 aliphatic carbocycles. The van der Waals surface area contributed by atoms with E-state index in [9.17, 15) is 8.42 Å². The monoisotopic (exact) mass is 309 g/mol. The van der Waals surface area contributed by atoms with Crippen LogP contribution >= 0.6 is 0 Å². The molecule has 21 heavy (non-hydrogen) atoms. The van der Waals surface area contributed by atoms with Crippen molar-refractivity contribution < 1.29 is 8.42 Å². The predicted molar refractivity (Wildman–Crippen MR) is 88.4 cm³/mol. The van der Waals surface area contributed by atoms with Gasteiger partial charge in [0.25, 0.3) is 0 Å². The topological polar surface area (TPSA) is 46.2 Å². The molecular formula is C17H27NO2S. The molecule has 1 atom stereocenters. The molecular weight excluding hydrogens is 282 g/mol. The van der Waals surface area contributed by atoms with Crippen LogP contribution in [0.5, 0.6) is 0 Å². The molecule has 1 aliphatic rings. The fourth-order valence-corrected chi connectivity index (χ4v) is 3.97. The van der Waals surface area contributed by atoms with Crippen LogP contribution in [-0.4, -0.2) is 33.0 Å². The van der Waals surface area contributed by atoms with Gasteiger partial charge in [-0.25, -0.2) is 8.42 Å². The highest BCUT2D eigenvalue weighted by atomic mass is 32.2. The van der Waals surface area contributed by atoms with E-state index in [1.165, 1.54) is 17.4 Å². The Balaban J connectivity index is 1.94. The van der Waals surface area contributed by atoms with Crippen LogP contribution in [0.3, 0.4) is 0 Å². The Morgan fingerprint density at radius 3 is 2.38 bits per heavy atom. The molecule has 0 saturated heterocycles. The third-order valence-corrected chi connectivity index (χ3v) is 5.37. The van der Waals surface area contributed by atoms with Crippen molar-refractivity contribution in [1.29, 1.82) is 0 Å².